The number of rotatable bonds is 8. The zero-order valence-electron chi connectivity index (χ0n) is 13.2. The molecule has 0 saturated heterocycles. The summed E-state index contributed by atoms with van der Waals surface area (Å²) in [6.07, 6.45) is -4.12. The molecule has 0 aliphatic carbocycles. The summed E-state index contributed by atoms with van der Waals surface area (Å²) in [7, 11) is -2.63. The van der Waals surface area contributed by atoms with Crippen LogP contribution in [0.15, 0.2) is 23.1 Å². The molecule has 0 heterocycles. The lowest BCUT2D eigenvalue weighted by atomic mass is 10.1. The number of alkyl halides is 3. The molecule has 0 radical (unpaired) electrons. The van der Waals surface area contributed by atoms with Crippen LogP contribution in [0.4, 0.5) is 13.2 Å². The van der Waals surface area contributed by atoms with Crippen LogP contribution in [0.2, 0.25) is 0 Å². The number of nitrogens with one attached hydrogen (secondary N) is 1. The highest BCUT2D eigenvalue weighted by molar-refractivity contribution is 7.89. The van der Waals surface area contributed by atoms with Crippen LogP contribution >= 0.6 is 0 Å². The van der Waals surface area contributed by atoms with Gasteiger partial charge in [0.05, 0.1) is 17.0 Å². The smallest absolute Gasteiger partial charge is 0.401 e. The Hall–Kier alpha value is -1.65. The molecule has 6 nitrogen and oxygen atoms in total. The molecule has 0 unspecified atom stereocenters. The molecule has 0 fully saturated rings. The topological polar surface area (TPSA) is 86.7 Å². The van der Waals surface area contributed by atoms with Crippen LogP contribution < -0.4 is 4.72 Å². The van der Waals surface area contributed by atoms with Gasteiger partial charge in [0.1, 0.15) is 0 Å². The lowest BCUT2D eigenvalue weighted by Crippen LogP contribution is -2.33. The van der Waals surface area contributed by atoms with Crippen molar-refractivity contribution in [2.45, 2.75) is 24.4 Å². The minimum atomic E-state index is -4.30. The third kappa shape index (κ3) is 6.46. The third-order valence-electron chi connectivity index (χ3n) is 3.21. The minimum Gasteiger partial charge on any atom is -0.478 e. The van der Waals surface area contributed by atoms with E-state index in [4.69, 9.17) is 5.11 Å². The number of benzene rings is 1. The fourth-order valence-electron chi connectivity index (χ4n) is 2.02. The van der Waals surface area contributed by atoms with Gasteiger partial charge in [-0.25, -0.2) is 17.9 Å². The molecule has 1 rings (SSSR count). The summed E-state index contributed by atoms with van der Waals surface area (Å²) in [5, 5.41) is 9.01. The largest absolute Gasteiger partial charge is 0.478 e. The van der Waals surface area contributed by atoms with Gasteiger partial charge in [-0.1, -0.05) is 6.07 Å². The van der Waals surface area contributed by atoms with Gasteiger partial charge in [-0.3, -0.25) is 4.90 Å². The Bertz CT molecular complexity index is 690. The summed E-state index contributed by atoms with van der Waals surface area (Å²) >= 11 is 0. The second kappa shape index (κ2) is 7.95. The van der Waals surface area contributed by atoms with Crippen molar-refractivity contribution in [3.63, 3.8) is 0 Å². The number of hydrogen-bond donors (Lipinski definition) is 2. The highest BCUT2D eigenvalue weighted by Gasteiger charge is 2.28. The minimum absolute atomic E-state index is 0.0548. The van der Waals surface area contributed by atoms with Gasteiger partial charge < -0.3 is 5.11 Å². The predicted molar refractivity (Wildman–Crippen MR) is 81.5 cm³/mol. The Labute approximate surface area is 138 Å². The fourth-order valence-corrected chi connectivity index (χ4v) is 3.12. The molecule has 24 heavy (non-hydrogen) atoms. The van der Waals surface area contributed by atoms with E-state index < -0.39 is 28.7 Å². The Morgan fingerprint density at radius 1 is 1.33 bits per heavy atom. The summed E-state index contributed by atoms with van der Waals surface area (Å²) in [5.74, 6) is -1.24. The Morgan fingerprint density at radius 3 is 2.50 bits per heavy atom. The van der Waals surface area contributed by atoms with Crippen LogP contribution in [0.25, 0.3) is 0 Å². The Morgan fingerprint density at radius 2 is 1.96 bits per heavy atom. The Kier molecular flexibility index (Phi) is 6.76. The lowest BCUT2D eigenvalue weighted by Gasteiger charge is -2.18. The molecular formula is C14H19F3N2O4S. The molecule has 0 aliphatic heterocycles. The van der Waals surface area contributed by atoms with Gasteiger partial charge in [-0.05, 0) is 44.6 Å². The maximum atomic E-state index is 12.2. The lowest BCUT2D eigenvalue weighted by molar-refractivity contribution is -0.143. The molecule has 0 saturated carbocycles. The van der Waals surface area contributed by atoms with Crippen molar-refractivity contribution < 1.29 is 31.5 Å². The highest BCUT2D eigenvalue weighted by atomic mass is 32.2. The number of aryl methyl sites for hydroxylation is 1. The van der Waals surface area contributed by atoms with Gasteiger partial charge >= 0.3 is 12.1 Å². The van der Waals surface area contributed by atoms with Gasteiger partial charge in [0.25, 0.3) is 0 Å². The summed E-state index contributed by atoms with van der Waals surface area (Å²) in [6.45, 7) is 0.487. The molecule has 0 amide bonds. The maximum absolute atomic E-state index is 12.2. The predicted octanol–water partition coefficient (Wildman–Crippen LogP) is 1.86. The molecular weight excluding hydrogens is 349 g/mol. The van der Waals surface area contributed by atoms with E-state index in [1.54, 1.807) is 6.92 Å². The Balaban J connectivity index is 2.62. The van der Waals surface area contributed by atoms with Crippen LogP contribution in [0.3, 0.4) is 0 Å². The van der Waals surface area contributed by atoms with Gasteiger partial charge in [0.15, 0.2) is 0 Å². The first-order valence-corrected chi connectivity index (χ1v) is 8.49. The first-order valence-electron chi connectivity index (χ1n) is 7.01. The molecule has 136 valence electrons. The van der Waals surface area contributed by atoms with Crippen molar-refractivity contribution >= 4 is 16.0 Å². The molecule has 1 aromatic rings. The molecule has 0 aliphatic rings. The van der Waals surface area contributed by atoms with E-state index in [1.165, 1.54) is 19.2 Å². The van der Waals surface area contributed by atoms with Crippen molar-refractivity contribution in [2.24, 2.45) is 0 Å². The van der Waals surface area contributed by atoms with Crippen LogP contribution in [-0.4, -0.2) is 57.3 Å². The maximum Gasteiger partial charge on any atom is 0.401 e. The molecule has 10 heteroatoms. The average Bonchev–Trinajstić information content (AvgIpc) is 2.41. The number of aromatic carboxylic acids is 1. The second-order valence-electron chi connectivity index (χ2n) is 5.39. The number of nitrogens with zero attached hydrogens (tertiary/aromatic N) is 1. The fraction of sp³-hybridized carbons (Fsp3) is 0.500. The number of sulfonamides is 1. The van der Waals surface area contributed by atoms with E-state index in [9.17, 15) is 26.4 Å². The van der Waals surface area contributed by atoms with Crippen molar-refractivity contribution in [1.29, 1.82) is 0 Å². The van der Waals surface area contributed by atoms with Crippen LogP contribution in [0.1, 0.15) is 22.3 Å². The first kappa shape index (κ1) is 20.4. The third-order valence-corrected chi connectivity index (χ3v) is 4.67. The quantitative estimate of drug-likeness (QED) is 0.684. The standard InChI is InChI=1S/C14H19F3N2O4S/c1-10-4-5-11(8-12(10)13(20)21)24(22,23)18-6-3-7-19(2)9-14(15,16)17/h4-5,8,18H,3,6-7,9H2,1-2H3,(H,20,21). The summed E-state index contributed by atoms with van der Waals surface area (Å²) < 4.78 is 62.9. The van der Waals surface area contributed by atoms with E-state index in [2.05, 4.69) is 4.72 Å². The number of carboxylic acid groups (broad SMARTS) is 1. The normalized spacial score (nSPS) is 12.6. The number of hydrogen-bond acceptors (Lipinski definition) is 4. The van der Waals surface area contributed by atoms with Gasteiger partial charge in [0, 0.05) is 6.54 Å². The molecule has 2 N–H and O–H groups in total. The van der Waals surface area contributed by atoms with Crippen LogP contribution in [0, 0.1) is 6.92 Å². The summed E-state index contributed by atoms with van der Waals surface area (Å²) in [5.41, 5.74) is 0.304. The number of carboxylic acids is 1. The summed E-state index contributed by atoms with van der Waals surface area (Å²) in [4.78, 5) is 11.9. The highest BCUT2D eigenvalue weighted by Crippen LogP contribution is 2.16. The van der Waals surface area contributed by atoms with Crippen LogP contribution in [-0.2, 0) is 10.0 Å². The van der Waals surface area contributed by atoms with E-state index in [1.807, 2.05) is 0 Å². The molecule has 1 aromatic carbocycles. The zero-order valence-corrected chi connectivity index (χ0v) is 14.0. The van der Waals surface area contributed by atoms with Crippen molar-refractivity contribution in [1.82, 2.24) is 9.62 Å². The summed E-state index contributed by atoms with van der Waals surface area (Å²) in [6, 6.07) is 3.71. The number of carbonyl (C=O) groups is 1. The monoisotopic (exact) mass is 368 g/mol. The van der Waals surface area contributed by atoms with Gasteiger partial charge in [0.2, 0.25) is 10.0 Å². The van der Waals surface area contributed by atoms with E-state index >= 15 is 0 Å². The average molecular weight is 368 g/mol. The zero-order chi connectivity index (χ0) is 18.5. The van der Waals surface area contributed by atoms with Crippen molar-refractivity contribution in [3.05, 3.63) is 29.3 Å². The SMILES string of the molecule is Cc1ccc(S(=O)(=O)NCCCN(C)CC(F)(F)F)cc1C(=O)O. The van der Waals surface area contributed by atoms with Gasteiger partial charge in [-0.2, -0.15) is 13.2 Å². The molecule has 0 spiro atoms. The molecule has 0 aromatic heterocycles. The second-order valence-corrected chi connectivity index (χ2v) is 7.15. The molecule has 0 atom stereocenters. The van der Waals surface area contributed by atoms with Gasteiger partial charge in [-0.15, -0.1) is 0 Å². The van der Waals surface area contributed by atoms with E-state index in [0.29, 0.717) is 5.56 Å². The van der Waals surface area contributed by atoms with Crippen molar-refractivity contribution in [2.75, 3.05) is 26.7 Å². The first-order chi connectivity index (χ1) is 10.9. The van der Waals surface area contributed by atoms with E-state index in [-0.39, 0.29) is 30.0 Å². The van der Waals surface area contributed by atoms with Crippen LogP contribution in [0.5, 0.6) is 0 Å². The number of halogens is 3. The molecule has 0 bridgehead atoms. The van der Waals surface area contributed by atoms with E-state index in [0.717, 1.165) is 11.0 Å². The van der Waals surface area contributed by atoms with Crippen molar-refractivity contribution in [3.8, 4) is 0 Å².